The Balaban J connectivity index is 1.82. The Bertz CT molecular complexity index is 1210. The van der Waals surface area contributed by atoms with E-state index in [0.717, 1.165) is 5.65 Å². The molecule has 8 nitrogen and oxygen atoms in total. The van der Waals surface area contributed by atoms with Crippen LogP contribution in [0.5, 0.6) is 0 Å². The first kappa shape index (κ1) is 24.5. The molecular formula is C24H31N5O3S. The lowest BCUT2D eigenvalue weighted by molar-refractivity contribution is 0.0950. The highest BCUT2D eigenvalue weighted by molar-refractivity contribution is 7.89. The molecule has 0 unspecified atom stereocenters. The van der Waals surface area contributed by atoms with Crippen LogP contribution in [0.15, 0.2) is 65.8 Å². The third-order valence-corrected chi connectivity index (χ3v) is 6.30. The number of nitrogens with zero attached hydrogens (tertiary/aromatic N) is 2. The first-order valence-electron chi connectivity index (χ1n) is 10.9. The number of benzene rings is 1. The molecule has 0 spiro atoms. The highest BCUT2D eigenvalue weighted by Crippen LogP contribution is 2.20. The maximum absolute atomic E-state index is 12.9. The number of fused-ring (bicyclic) bond motifs is 1. The molecule has 33 heavy (non-hydrogen) atoms. The Morgan fingerprint density at radius 1 is 1.15 bits per heavy atom. The Hall–Kier alpha value is -3.17. The highest BCUT2D eigenvalue weighted by atomic mass is 32.2. The van der Waals surface area contributed by atoms with Crippen molar-refractivity contribution in [2.75, 3.05) is 11.9 Å². The molecule has 0 saturated heterocycles. The summed E-state index contributed by atoms with van der Waals surface area (Å²) in [5.41, 5.74) is 2.29. The van der Waals surface area contributed by atoms with Crippen LogP contribution < -0.4 is 15.4 Å². The van der Waals surface area contributed by atoms with Crippen LogP contribution in [0.4, 0.5) is 5.69 Å². The lowest BCUT2D eigenvalue weighted by atomic mass is 10.1. The molecule has 1 aromatic carbocycles. The van der Waals surface area contributed by atoms with Crippen molar-refractivity contribution in [3.63, 3.8) is 0 Å². The van der Waals surface area contributed by atoms with Gasteiger partial charge >= 0.3 is 0 Å². The molecule has 2 heterocycles. The number of imidazole rings is 1. The van der Waals surface area contributed by atoms with Gasteiger partial charge in [-0.3, -0.25) is 4.79 Å². The first-order chi connectivity index (χ1) is 15.6. The van der Waals surface area contributed by atoms with E-state index < -0.39 is 10.0 Å². The van der Waals surface area contributed by atoms with E-state index in [9.17, 15) is 13.2 Å². The van der Waals surface area contributed by atoms with E-state index in [1.165, 1.54) is 12.1 Å². The fourth-order valence-electron chi connectivity index (χ4n) is 3.23. The van der Waals surface area contributed by atoms with Gasteiger partial charge in [0.15, 0.2) is 0 Å². The van der Waals surface area contributed by atoms with Crippen molar-refractivity contribution in [2.45, 2.75) is 45.2 Å². The summed E-state index contributed by atoms with van der Waals surface area (Å²) in [6, 6.07) is 9.98. The van der Waals surface area contributed by atoms with Crippen molar-refractivity contribution in [3.05, 3.63) is 72.2 Å². The van der Waals surface area contributed by atoms with Crippen LogP contribution in [-0.4, -0.2) is 36.3 Å². The van der Waals surface area contributed by atoms with E-state index in [4.69, 9.17) is 0 Å². The Morgan fingerprint density at radius 3 is 2.64 bits per heavy atom. The van der Waals surface area contributed by atoms with Gasteiger partial charge in [0, 0.05) is 36.2 Å². The molecule has 3 rings (SSSR count). The number of hydrogen-bond donors (Lipinski definition) is 3. The number of carbonyl (C=O) groups excluding carboxylic acids is 1. The molecule has 0 radical (unpaired) electrons. The smallest absolute Gasteiger partial charge is 0.251 e. The van der Waals surface area contributed by atoms with E-state index in [-0.39, 0.29) is 29.0 Å². The molecule has 1 amide bonds. The second-order valence-corrected chi connectivity index (χ2v) is 10.2. The van der Waals surface area contributed by atoms with Crippen molar-refractivity contribution in [2.24, 2.45) is 5.92 Å². The van der Waals surface area contributed by atoms with Crippen molar-refractivity contribution in [1.29, 1.82) is 0 Å². The number of aromatic nitrogens is 2. The van der Waals surface area contributed by atoms with Crippen LogP contribution in [0.2, 0.25) is 0 Å². The number of rotatable bonds is 10. The molecule has 2 aromatic heterocycles. The molecule has 0 aliphatic carbocycles. The van der Waals surface area contributed by atoms with Crippen LogP contribution in [-0.2, 0) is 16.6 Å². The third kappa shape index (κ3) is 6.90. The van der Waals surface area contributed by atoms with Gasteiger partial charge in [0.25, 0.3) is 5.91 Å². The number of anilines is 1. The molecule has 0 aliphatic heterocycles. The van der Waals surface area contributed by atoms with Gasteiger partial charge in [0.05, 0.1) is 17.1 Å². The van der Waals surface area contributed by atoms with E-state index in [1.807, 2.05) is 41.1 Å². The maximum atomic E-state index is 12.9. The summed E-state index contributed by atoms with van der Waals surface area (Å²) in [5.74, 6) is 0.0316. The predicted octanol–water partition coefficient (Wildman–Crippen LogP) is 3.58. The fourth-order valence-corrected chi connectivity index (χ4v) is 4.55. The Labute approximate surface area is 195 Å². The topological polar surface area (TPSA) is 105 Å². The molecule has 0 saturated carbocycles. The number of carbonyl (C=O) groups is 1. The van der Waals surface area contributed by atoms with Gasteiger partial charge in [0.2, 0.25) is 10.0 Å². The van der Waals surface area contributed by atoms with Gasteiger partial charge in [-0.25, -0.2) is 18.1 Å². The third-order valence-electron chi connectivity index (χ3n) is 4.66. The van der Waals surface area contributed by atoms with Crippen LogP contribution in [0, 0.1) is 5.92 Å². The molecule has 9 heteroatoms. The summed E-state index contributed by atoms with van der Waals surface area (Å²) in [5, 5.41) is 6.01. The van der Waals surface area contributed by atoms with Gasteiger partial charge < -0.3 is 15.0 Å². The summed E-state index contributed by atoms with van der Waals surface area (Å²) in [6.45, 7) is 8.39. The lowest BCUT2D eigenvalue weighted by Gasteiger charge is -2.14. The summed E-state index contributed by atoms with van der Waals surface area (Å²) >= 11 is 0. The monoisotopic (exact) mass is 469 g/mol. The minimum absolute atomic E-state index is 0.0342. The van der Waals surface area contributed by atoms with Crippen molar-refractivity contribution < 1.29 is 13.2 Å². The number of sulfonamides is 1. The Morgan fingerprint density at radius 2 is 1.94 bits per heavy atom. The molecular weight excluding hydrogens is 438 g/mol. The van der Waals surface area contributed by atoms with Crippen molar-refractivity contribution in [1.82, 2.24) is 19.4 Å². The van der Waals surface area contributed by atoms with Crippen molar-refractivity contribution in [3.8, 4) is 0 Å². The van der Waals surface area contributed by atoms with Gasteiger partial charge in [-0.15, -0.1) is 0 Å². The maximum Gasteiger partial charge on any atom is 0.251 e. The minimum Gasteiger partial charge on any atom is -0.382 e. The van der Waals surface area contributed by atoms with Gasteiger partial charge in [-0.2, -0.15) is 0 Å². The molecule has 3 N–H and O–H groups in total. The van der Waals surface area contributed by atoms with Gasteiger partial charge in [-0.1, -0.05) is 32.1 Å². The van der Waals surface area contributed by atoms with E-state index >= 15 is 0 Å². The Kier molecular flexibility index (Phi) is 7.88. The molecule has 176 valence electrons. The largest absolute Gasteiger partial charge is 0.382 e. The van der Waals surface area contributed by atoms with E-state index in [0.29, 0.717) is 23.8 Å². The zero-order valence-electron chi connectivity index (χ0n) is 19.4. The molecule has 0 bridgehead atoms. The molecule has 3 aromatic rings. The lowest BCUT2D eigenvalue weighted by Crippen LogP contribution is -2.31. The zero-order valence-corrected chi connectivity index (χ0v) is 20.2. The second kappa shape index (κ2) is 10.6. The first-order valence-corrected chi connectivity index (χ1v) is 12.4. The number of amides is 1. The standard InChI is InChI=1S/C24H31N5O3S/c1-17(2)8-7-10-25-20-12-19(13-22(14-20)33(31,32)28-18(3)4)24(30)26-15-21-16-29-11-6-5-9-23(29)27-21/h5-9,11-14,16-18,25,28H,10,15H2,1-4H3,(H,26,30)/b8-7+. The molecule has 0 fully saturated rings. The summed E-state index contributed by atoms with van der Waals surface area (Å²) < 4.78 is 30.0. The SMILES string of the molecule is CC(C)/C=C/CNc1cc(C(=O)NCc2cn3ccccc3n2)cc(S(=O)(=O)NC(C)C)c1. The summed E-state index contributed by atoms with van der Waals surface area (Å²) in [4.78, 5) is 17.4. The van der Waals surface area contributed by atoms with Crippen LogP contribution in [0.1, 0.15) is 43.7 Å². The van der Waals surface area contributed by atoms with E-state index in [2.05, 4.69) is 40.3 Å². The number of allylic oxidation sites excluding steroid dienone is 1. The number of hydrogen-bond acceptors (Lipinski definition) is 5. The summed E-state index contributed by atoms with van der Waals surface area (Å²) in [6.07, 6.45) is 7.75. The average molecular weight is 470 g/mol. The van der Waals surface area contributed by atoms with Gasteiger partial charge in [-0.05, 0) is 50.1 Å². The second-order valence-electron chi connectivity index (χ2n) is 8.46. The quantitative estimate of drug-likeness (QED) is 0.394. The fraction of sp³-hybridized carbons (Fsp3) is 0.333. The number of nitrogens with one attached hydrogen (secondary N) is 3. The molecule has 0 atom stereocenters. The predicted molar refractivity (Wildman–Crippen MR) is 131 cm³/mol. The van der Waals surface area contributed by atoms with Gasteiger partial charge in [0.1, 0.15) is 5.65 Å². The molecule has 0 aliphatic rings. The van der Waals surface area contributed by atoms with Crippen LogP contribution in [0.25, 0.3) is 5.65 Å². The summed E-state index contributed by atoms with van der Waals surface area (Å²) in [7, 11) is -3.77. The van der Waals surface area contributed by atoms with E-state index in [1.54, 1.807) is 19.9 Å². The highest BCUT2D eigenvalue weighted by Gasteiger charge is 2.19. The zero-order chi connectivity index (χ0) is 24.0. The van der Waals surface area contributed by atoms with Crippen molar-refractivity contribution >= 4 is 27.3 Å². The average Bonchev–Trinajstić information content (AvgIpc) is 3.17. The number of pyridine rings is 1. The van der Waals surface area contributed by atoms with Crippen LogP contribution in [0.3, 0.4) is 0 Å². The normalized spacial score (nSPS) is 12.2. The van der Waals surface area contributed by atoms with Crippen LogP contribution >= 0.6 is 0 Å². The minimum atomic E-state index is -3.77.